The zero-order valence-electron chi connectivity index (χ0n) is 8.59. The second-order valence-electron chi connectivity index (χ2n) is 3.23. The lowest BCUT2D eigenvalue weighted by Crippen LogP contribution is -2.05. The van der Waals surface area contributed by atoms with Crippen LogP contribution in [0, 0.1) is 17.0 Å². The Morgan fingerprint density at radius 1 is 1.56 bits per heavy atom. The topological polar surface area (TPSA) is 78.8 Å². The fourth-order valence-corrected chi connectivity index (χ4v) is 1.66. The SMILES string of the molecule is Cc1nc([N+](=O)[O-])c(-n2cc(Br)cn2)n1C. The highest BCUT2D eigenvalue weighted by atomic mass is 79.9. The summed E-state index contributed by atoms with van der Waals surface area (Å²) in [4.78, 5) is 14.2. The van der Waals surface area contributed by atoms with Gasteiger partial charge in [-0.15, -0.1) is 0 Å². The molecule has 2 aromatic heterocycles. The quantitative estimate of drug-likeness (QED) is 0.620. The lowest BCUT2D eigenvalue weighted by Gasteiger charge is -2.01. The Morgan fingerprint density at radius 3 is 2.75 bits per heavy atom. The van der Waals surface area contributed by atoms with Crippen molar-refractivity contribution in [2.75, 3.05) is 0 Å². The van der Waals surface area contributed by atoms with Crippen molar-refractivity contribution in [3.8, 4) is 5.82 Å². The first-order valence-corrected chi connectivity index (χ1v) is 5.18. The van der Waals surface area contributed by atoms with E-state index < -0.39 is 4.92 Å². The minimum atomic E-state index is -0.516. The maximum atomic E-state index is 10.8. The summed E-state index contributed by atoms with van der Waals surface area (Å²) in [5, 5.41) is 14.9. The molecule has 0 unspecified atom stereocenters. The van der Waals surface area contributed by atoms with Gasteiger partial charge in [-0.25, -0.2) is 4.68 Å². The molecule has 0 fully saturated rings. The molecule has 0 N–H and O–H groups in total. The van der Waals surface area contributed by atoms with Crippen LogP contribution in [0.1, 0.15) is 5.82 Å². The summed E-state index contributed by atoms with van der Waals surface area (Å²) in [5.74, 6) is 0.706. The molecule has 0 bridgehead atoms. The van der Waals surface area contributed by atoms with E-state index >= 15 is 0 Å². The predicted octanol–water partition coefficient (Wildman–Crippen LogP) is 1.58. The highest BCUT2D eigenvalue weighted by Gasteiger charge is 2.25. The Kier molecular flexibility index (Phi) is 2.50. The molecule has 16 heavy (non-hydrogen) atoms. The van der Waals surface area contributed by atoms with Gasteiger partial charge in [0.25, 0.3) is 0 Å². The first-order chi connectivity index (χ1) is 7.50. The molecule has 8 heteroatoms. The lowest BCUT2D eigenvalue weighted by molar-refractivity contribution is -0.389. The van der Waals surface area contributed by atoms with Crippen LogP contribution in [0.25, 0.3) is 5.82 Å². The molecule has 84 valence electrons. The van der Waals surface area contributed by atoms with Gasteiger partial charge in [-0.3, -0.25) is 4.57 Å². The average molecular weight is 286 g/mol. The van der Waals surface area contributed by atoms with Crippen LogP contribution >= 0.6 is 15.9 Å². The monoisotopic (exact) mass is 285 g/mol. The van der Waals surface area contributed by atoms with E-state index in [1.807, 2.05) is 0 Å². The first kappa shape index (κ1) is 10.8. The second-order valence-corrected chi connectivity index (χ2v) is 4.14. The molecular weight excluding hydrogens is 278 g/mol. The summed E-state index contributed by atoms with van der Waals surface area (Å²) < 4.78 is 3.79. The summed E-state index contributed by atoms with van der Waals surface area (Å²) in [6.45, 7) is 1.70. The molecule has 0 aliphatic rings. The van der Waals surface area contributed by atoms with E-state index in [0.717, 1.165) is 4.47 Å². The number of halogens is 1. The van der Waals surface area contributed by atoms with Gasteiger partial charge in [0.05, 0.1) is 10.7 Å². The number of nitro groups is 1. The second kappa shape index (κ2) is 3.71. The van der Waals surface area contributed by atoms with Crippen LogP contribution in [0.5, 0.6) is 0 Å². The number of rotatable bonds is 2. The van der Waals surface area contributed by atoms with Gasteiger partial charge in [0.1, 0.15) is 0 Å². The maximum Gasteiger partial charge on any atom is 0.409 e. The van der Waals surface area contributed by atoms with Crippen molar-refractivity contribution < 1.29 is 4.92 Å². The van der Waals surface area contributed by atoms with Gasteiger partial charge in [0.15, 0.2) is 0 Å². The Morgan fingerprint density at radius 2 is 2.25 bits per heavy atom. The van der Waals surface area contributed by atoms with Crippen LogP contribution in [0.4, 0.5) is 5.82 Å². The largest absolute Gasteiger partial charge is 0.409 e. The molecular formula is C8H8BrN5O2. The maximum absolute atomic E-state index is 10.8. The van der Waals surface area contributed by atoms with Gasteiger partial charge in [0.2, 0.25) is 11.6 Å². The van der Waals surface area contributed by atoms with Crippen molar-refractivity contribution in [2.45, 2.75) is 6.92 Å². The molecule has 0 saturated heterocycles. The highest BCUT2D eigenvalue weighted by Crippen LogP contribution is 2.23. The van der Waals surface area contributed by atoms with E-state index in [4.69, 9.17) is 0 Å². The van der Waals surface area contributed by atoms with E-state index in [0.29, 0.717) is 11.6 Å². The third-order valence-corrected chi connectivity index (χ3v) is 2.62. The Balaban J connectivity index is 2.67. The van der Waals surface area contributed by atoms with Crippen LogP contribution in [0.3, 0.4) is 0 Å². The molecule has 0 radical (unpaired) electrons. The van der Waals surface area contributed by atoms with Gasteiger partial charge in [-0.1, -0.05) is 0 Å². The van der Waals surface area contributed by atoms with E-state index in [1.165, 1.54) is 4.68 Å². The summed E-state index contributed by atoms with van der Waals surface area (Å²) in [6.07, 6.45) is 3.20. The number of nitrogens with zero attached hydrogens (tertiary/aromatic N) is 5. The molecule has 0 aromatic carbocycles. The first-order valence-electron chi connectivity index (χ1n) is 4.39. The fourth-order valence-electron chi connectivity index (χ4n) is 1.38. The number of aromatic nitrogens is 4. The van der Waals surface area contributed by atoms with E-state index in [9.17, 15) is 10.1 Å². The molecule has 0 aliphatic carbocycles. The third kappa shape index (κ3) is 1.60. The Hall–Kier alpha value is -1.70. The molecule has 0 aliphatic heterocycles. The zero-order chi connectivity index (χ0) is 11.9. The average Bonchev–Trinajstić information content (AvgIpc) is 2.73. The van der Waals surface area contributed by atoms with Crippen LogP contribution in [-0.2, 0) is 7.05 Å². The van der Waals surface area contributed by atoms with Crippen molar-refractivity contribution in [3.63, 3.8) is 0 Å². The smallest absolute Gasteiger partial charge is 0.358 e. The van der Waals surface area contributed by atoms with Gasteiger partial charge >= 0.3 is 5.82 Å². The minimum absolute atomic E-state index is 0.199. The summed E-state index contributed by atoms with van der Waals surface area (Å²) in [5.41, 5.74) is 0. The number of hydrogen-bond donors (Lipinski definition) is 0. The molecule has 2 heterocycles. The molecule has 2 rings (SSSR count). The normalized spacial score (nSPS) is 10.7. The van der Waals surface area contributed by atoms with Gasteiger partial charge < -0.3 is 10.1 Å². The van der Waals surface area contributed by atoms with Crippen LogP contribution in [0.15, 0.2) is 16.9 Å². The van der Waals surface area contributed by atoms with Crippen LogP contribution in [-0.4, -0.2) is 24.3 Å². The van der Waals surface area contributed by atoms with Crippen molar-refractivity contribution in [1.29, 1.82) is 0 Å². The summed E-state index contributed by atoms with van der Waals surface area (Å²) in [6, 6.07) is 0. The molecule has 0 amide bonds. The molecule has 0 spiro atoms. The number of aryl methyl sites for hydroxylation is 1. The van der Waals surface area contributed by atoms with Crippen LogP contribution in [0.2, 0.25) is 0 Å². The Labute approximate surface area is 99.0 Å². The zero-order valence-corrected chi connectivity index (χ0v) is 10.2. The molecule has 2 aromatic rings. The van der Waals surface area contributed by atoms with Crippen molar-refractivity contribution >= 4 is 21.7 Å². The highest BCUT2D eigenvalue weighted by molar-refractivity contribution is 9.10. The van der Waals surface area contributed by atoms with Gasteiger partial charge in [-0.2, -0.15) is 5.10 Å². The van der Waals surface area contributed by atoms with Crippen molar-refractivity contribution in [3.05, 3.63) is 32.8 Å². The van der Waals surface area contributed by atoms with Crippen molar-refractivity contribution in [1.82, 2.24) is 19.3 Å². The number of imidazole rings is 1. The Bertz CT molecular complexity index is 559. The van der Waals surface area contributed by atoms with E-state index in [1.54, 1.807) is 30.9 Å². The molecule has 0 saturated carbocycles. The molecule has 7 nitrogen and oxygen atoms in total. The van der Waals surface area contributed by atoms with E-state index in [2.05, 4.69) is 26.0 Å². The third-order valence-electron chi connectivity index (χ3n) is 2.21. The van der Waals surface area contributed by atoms with E-state index in [-0.39, 0.29) is 5.82 Å². The lowest BCUT2D eigenvalue weighted by atomic mass is 10.6. The standard InChI is InChI=1S/C8H8BrN5O2/c1-5-11-7(14(15)16)8(12(5)2)13-4-6(9)3-10-13/h3-4H,1-2H3. The van der Waals surface area contributed by atoms with Gasteiger partial charge in [0, 0.05) is 20.2 Å². The fraction of sp³-hybridized carbons (Fsp3) is 0.250. The summed E-state index contributed by atoms with van der Waals surface area (Å²) >= 11 is 3.24. The number of hydrogen-bond acceptors (Lipinski definition) is 4. The van der Waals surface area contributed by atoms with Crippen LogP contribution < -0.4 is 0 Å². The summed E-state index contributed by atoms with van der Waals surface area (Å²) in [7, 11) is 1.71. The molecule has 0 atom stereocenters. The van der Waals surface area contributed by atoms with Crippen molar-refractivity contribution in [2.24, 2.45) is 7.05 Å². The predicted molar refractivity (Wildman–Crippen MR) is 59.4 cm³/mol. The van der Waals surface area contributed by atoms with Gasteiger partial charge in [-0.05, 0) is 25.8 Å². The minimum Gasteiger partial charge on any atom is -0.358 e.